The molecule has 8 heteroatoms. The van der Waals surface area contributed by atoms with E-state index in [0.29, 0.717) is 0 Å². The molecule has 0 bridgehead atoms. The first kappa shape index (κ1) is 20.9. The van der Waals surface area contributed by atoms with Crippen molar-refractivity contribution in [1.29, 1.82) is 0 Å². The summed E-state index contributed by atoms with van der Waals surface area (Å²) < 4.78 is 9.08. The van der Waals surface area contributed by atoms with Crippen LogP contribution in [0.2, 0.25) is 0 Å². The third-order valence-electron chi connectivity index (χ3n) is 2.43. The fraction of sp³-hybridized carbons (Fsp3) is 0.733. The predicted molar refractivity (Wildman–Crippen MR) is 78.3 cm³/mol. The van der Waals surface area contributed by atoms with E-state index >= 15 is 0 Å². The van der Waals surface area contributed by atoms with Crippen molar-refractivity contribution in [3.8, 4) is 0 Å². The fourth-order valence-electron chi connectivity index (χ4n) is 1.55. The Morgan fingerprint density at radius 2 is 0.957 bits per heavy atom. The second-order valence-electron chi connectivity index (χ2n) is 7.65. The second kappa shape index (κ2) is 6.97. The number of carbonyl (C=O) groups is 4. The molecule has 0 aliphatic heterocycles. The number of aliphatic carboxylic acids is 2. The molecule has 0 spiro atoms. The van der Waals surface area contributed by atoms with Crippen LogP contribution in [-0.4, -0.2) is 39.9 Å². The van der Waals surface area contributed by atoms with Crippen LogP contribution in [0.5, 0.6) is 0 Å². The lowest BCUT2D eigenvalue weighted by molar-refractivity contribution is -0.242. The van der Waals surface area contributed by atoms with Gasteiger partial charge < -0.3 is 19.7 Å². The maximum atomic E-state index is 11.8. The molecule has 132 valence electrons. The maximum Gasteiger partial charge on any atom is 0.456 e. The molecule has 0 radical (unpaired) electrons. The van der Waals surface area contributed by atoms with Gasteiger partial charge in [-0.25, -0.2) is 9.59 Å². The lowest BCUT2D eigenvalue weighted by atomic mass is 9.92. The van der Waals surface area contributed by atoms with E-state index in [0.717, 1.165) is 0 Å². The summed E-state index contributed by atoms with van der Waals surface area (Å²) in [5, 5.41) is 18.3. The Hall–Kier alpha value is -2.12. The van der Waals surface area contributed by atoms with Crippen molar-refractivity contribution in [3.63, 3.8) is 0 Å². The molecule has 0 aliphatic rings. The zero-order chi connectivity index (χ0) is 18.6. The smallest absolute Gasteiger partial charge is 0.456 e. The Kier molecular flexibility index (Phi) is 6.33. The lowest BCUT2D eigenvalue weighted by Crippen LogP contribution is -2.54. The molecular weight excluding hydrogens is 308 g/mol. The van der Waals surface area contributed by atoms with E-state index in [1.807, 2.05) is 0 Å². The largest absolute Gasteiger partial charge is 0.475 e. The molecule has 0 saturated carbocycles. The van der Waals surface area contributed by atoms with E-state index in [1.165, 1.54) is 0 Å². The van der Waals surface area contributed by atoms with Crippen molar-refractivity contribution >= 4 is 23.9 Å². The summed E-state index contributed by atoms with van der Waals surface area (Å²) in [6, 6.07) is 0. The second-order valence-corrected chi connectivity index (χ2v) is 7.65. The van der Waals surface area contributed by atoms with Crippen LogP contribution in [0.3, 0.4) is 0 Å². The van der Waals surface area contributed by atoms with Gasteiger partial charge in [0.25, 0.3) is 0 Å². The SMILES string of the molecule is CC(C)(C)CC(=O)OC(OC(=O)CC(C)(C)C)(C(=O)O)C(=O)O. The van der Waals surface area contributed by atoms with Crippen LogP contribution >= 0.6 is 0 Å². The molecule has 0 atom stereocenters. The summed E-state index contributed by atoms with van der Waals surface area (Å²) in [5.74, 6) is -9.74. The molecule has 0 fully saturated rings. The van der Waals surface area contributed by atoms with E-state index in [2.05, 4.69) is 9.47 Å². The van der Waals surface area contributed by atoms with E-state index in [-0.39, 0.29) is 12.8 Å². The van der Waals surface area contributed by atoms with Gasteiger partial charge in [0.2, 0.25) is 0 Å². The van der Waals surface area contributed by atoms with Crippen LogP contribution in [0.15, 0.2) is 0 Å². The van der Waals surface area contributed by atoms with Gasteiger partial charge in [-0.15, -0.1) is 0 Å². The summed E-state index contributed by atoms with van der Waals surface area (Å²) >= 11 is 0. The van der Waals surface area contributed by atoms with Crippen LogP contribution in [0.4, 0.5) is 0 Å². The van der Waals surface area contributed by atoms with E-state index in [9.17, 15) is 19.2 Å². The van der Waals surface area contributed by atoms with Gasteiger partial charge in [0, 0.05) is 0 Å². The molecule has 0 rings (SSSR count). The molecule has 0 unspecified atom stereocenters. The quantitative estimate of drug-likeness (QED) is 0.428. The van der Waals surface area contributed by atoms with Crippen LogP contribution < -0.4 is 0 Å². The minimum atomic E-state index is -3.38. The van der Waals surface area contributed by atoms with Crippen LogP contribution in [0, 0.1) is 10.8 Å². The third kappa shape index (κ3) is 7.12. The van der Waals surface area contributed by atoms with E-state index < -0.39 is 40.5 Å². The average Bonchev–Trinajstić information content (AvgIpc) is 2.21. The zero-order valence-corrected chi connectivity index (χ0v) is 14.3. The van der Waals surface area contributed by atoms with Gasteiger partial charge in [0.1, 0.15) is 0 Å². The van der Waals surface area contributed by atoms with Crippen molar-refractivity contribution in [1.82, 2.24) is 0 Å². The summed E-state index contributed by atoms with van der Waals surface area (Å²) in [7, 11) is 0. The van der Waals surface area contributed by atoms with E-state index in [4.69, 9.17) is 10.2 Å². The standard InChI is InChI=1S/C15H24O8/c1-13(2,3)7-9(16)22-15(11(18)19,12(20)21)23-10(17)8-14(4,5)6/h7-8H2,1-6H3,(H,18,19)(H,20,21). The highest BCUT2D eigenvalue weighted by molar-refractivity contribution is 6.03. The molecule has 0 aromatic heterocycles. The maximum absolute atomic E-state index is 11.8. The minimum Gasteiger partial charge on any atom is -0.475 e. The normalized spacial score (nSPS) is 12.4. The summed E-state index contributed by atoms with van der Waals surface area (Å²) in [5.41, 5.74) is -1.12. The predicted octanol–water partition coefficient (Wildman–Crippen LogP) is 1.81. The van der Waals surface area contributed by atoms with Crippen molar-refractivity contribution in [2.45, 2.75) is 60.2 Å². The Morgan fingerprint density at radius 1 is 0.696 bits per heavy atom. The molecule has 0 heterocycles. The number of ether oxygens (including phenoxy) is 2. The first-order chi connectivity index (χ1) is 10.1. The molecule has 0 amide bonds. The summed E-state index contributed by atoms with van der Waals surface area (Å²) in [6.07, 6.45) is -0.488. The van der Waals surface area contributed by atoms with Crippen molar-refractivity contribution in [3.05, 3.63) is 0 Å². The van der Waals surface area contributed by atoms with Crippen molar-refractivity contribution in [2.75, 3.05) is 0 Å². The topological polar surface area (TPSA) is 127 Å². The zero-order valence-electron chi connectivity index (χ0n) is 14.3. The van der Waals surface area contributed by atoms with Crippen molar-refractivity contribution < 1.29 is 38.9 Å². The van der Waals surface area contributed by atoms with Gasteiger partial charge in [0.15, 0.2) is 0 Å². The number of hydrogen-bond donors (Lipinski definition) is 2. The molecule has 0 saturated heterocycles. The van der Waals surface area contributed by atoms with Crippen LogP contribution in [0.25, 0.3) is 0 Å². The Bertz CT molecular complexity index is 447. The lowest BCUT2D eigenvalue weighted by Gasteiger charge is -2.27. The van der Waals surface area contributed by atoms with Gasteiger partial charge >= 0.3 is 29.7 Å². The Morgan fingerprint density at radius 3 is 1.13 bits per heavy atom. The molecule has 0 aliphatic carbocycles. The van der Waals surface area contributed by atoms with Gasteiger partial charge in [-0.3, -0.25) is 9.59 Å². The van der Waals surface area contributed by atoms with Gasteiger partial charge in [-0.05, 0) is 10.8 Å². The highest BCUT2D eigenvalue weighted by Crippen LogP contribution is 2.25. The highest BCUT2D eigenvalue weighted by atomic mass is 16.8. The average molecular weight is 332 g/mol. The molecule has 0 aromatic carbocycles. The van der Waals surface area contributed by atoms with Crippen molar-refractivity contribution in [2.24, 2.45) is 10.8 Å². The van der Waals surface area contributed by atoms with Crippen LogP contribution in [0.1, 0.15) is 54.4 Å². The first-order valence-electron chi connectivity index (χ1n) is 6.99. The number of esters is 2. The highest BCUT2D eigenvalue weighted by Gasteiger charge is 2.56. The number of hydrogen-bond acceptors (Lipinski definition) is 6. The molecule has 2 N–H and O–H groups in total. The third-order valence-corrected chi connectivity index (χ3v) is 2.43. The molecular formula is C15H24O8. The van der Waals surface area contributed by atoms with Gasteiger partial charge in [-0.1, -0.05) is 41.5 Å². The van der Waals surface area contributed by atoms with Crippen LogP contribution in [-0.2, 0) is 28.7 Å². The molecule has 23 heavy (non-hydrogen) atoms. The molecule has 0 aromatic rings. The number of carbonyl (C=O) groups excluding carboxylic acids is 2. The summed E-state index contributed by atoms with van der Waals surface area (Å²) in [4.78, 5) is 46.3. The Balaban J connectivity index is 5.43. The monoisotopic (exact) mass is 332 g/mol. The summed E-state index contributed by atoms with van der Waals surface area (Å²) in [6.45, 7) is 10.1. The van der Waals surface area contributed by atoms with E-state index in [1.54, 1.807) is 41.5 Å². The molecule has 8 nitrogen and oxygen atoms in total. The van der Waals surface area contributed by atoms with Gasteiger partial charge in [0.05, 0.1) is 12.8 Å². The Labute approximate surface area is 134 Å². The fourth-order valence-corrected chi connectivity index (χ4v) is 1.55. The first-order valence-corrected chi connectivity index (χ1v) is 6.99. The number of carboxylic acid groups (broad SMARTS) is 2. The number of carboxylic acids is 2. The number of rotatable bonds is 6. The minimum absolute atomic E-state index is 0.244. The van der Waals surface area contributed by atoms with Gasteiger partial charge in [-0.2, -0.15) is 0 Å².